The number of anilines is 2. The summed E-state index contributed by atoms with van der Waals surface area (Å²) < 4.78 is 0. The van der Waals surface area contributed by atoms with Gasteiger partial charge in [0.25, 0.3) is 0 Å². The van der Waals surface area contributed by atoms with E-state index >= 15 is 0 Å². The van der Waals surface area contributed by atoms with Crippen molar-refractivity contribution in [1.82, 2.24) is 15.0 Å². The van der Waals surface area contributed by atoms with Crippen LogP contribution in [-0.2, 0) is 0 Å². The molecule has 1 aromatic carbocycles. The molecule has 20 heavy (non-hydrogen) atoms. The number of H-pyrrole nitrogens is 1. The van der Waals surface area contributed by atoms with Crippen LogP contribution in [-0.4, -0.2) is 29.0 Å². The van der Waals surface area contributed by atoms with Gasteiger partial charge in [-0.3, -0.25) is 0 Å². The second-order valence-electron chi connectivity index (χ2n) is 4.76. The molecule has 3 rings (SSSR count). The lowest BCUT2D eigenvalue weighted by Gasteiger charge is -2.09. The molecule has 0 aliphatic rings. The predicted molar refractivity (Wildman–Crippen MR) is 83.1 cm³/mol. The average Bonchev–Trinajstić information content (AvgIpc) is 2.83. The van der Waals surface area contributed by atoms with Crippen LogP contribution in [0.4, 0.5) is 11.5 Å². The summed E-state index contributed by atoms with van der Waals surface area (Å²) in [6.07, 6.45) is 0. The van der Waals surface area contributed by atoms with Gasteiger partial charge in [-0.05, 0) is 30.3 Å². The van der Waals surface area contributed by atoms with E-state index in [1.807, 2.05) is 31.1 Å². The van der Waals surface area contributed by atoms with Crippen molar-refractivity contribution >= 4 is 34.3 Å². The highest BCUT2D eigenvalue weighted by molar-refractivity contribution is 6.33. The highest BCUT2D eigenvalue weighted by Gasteiger charge is 2.11. The molecule has 0 fully saturated rings. The number of hydrogen-bond donors (Lipinski definition) is 2. The number of hydrogen-bond acceptors (Lipinski definition) is 4. The van der Waals surface area contributed by atoms with Crippen LogP contribution in [0, 0.1) is 0 Å². The molecule has 3 aromatic rings. The van der Waals surface area contributed by atoms with E-state index in [0.29, 0.717) is 22.2 Å². The highest BCUT2D eigenvalue weighted by atomic mass is 35.5. The molecular weight excluding hydrogens is 274 g/mol. The Balaban J connectivity index is 2.15. The van der Waals surface area contributed by atoms with Crippen molar-refractivity contribution in [3.05, 3.63) is 35.4 Å². The van der Waals surface area contributed by atoms with Gasteiger partial charge in [-0.15, -0.1) is 0 Å². The number of aromatic amines is 1. The van der Waals surface area contributed by atoms with E-state index in [1.165, 1.54) is 0 Å². The molecule has 0 atom stereocenters. The van der Waals surface area contributed by atoms with Gasteiger partial charge in [0.05, 0.1) is 10.5 Å². The number of benzene rings is 1. The largest absolute Gasteiger partial charge is 0.399 e. The zero-order valence-corrected chi connectivity index (χ0v) is 11.9. The number of imidazole rings is 1. The molecule has 0 aliphatic heterocycles. The van der Waals surface area contributed by atoms with E-state index in [1.54, 1.807) is 18.2 Å². The van der Waals surface area contributed by atoms with Gasteiger partial charge in [0.1, 0.15) is 11.6 Å². The Morgan fingerprint density at radius 2 is 1.95 bits per heavy atom. The van der Waals surface area contributed by atoms with Gasteiger partial charge in [-0.25, -0.2) is 9.97 Å². The topological polar surface area (TPSA) is 70.8 Å². The molecule has 0 radical (unpaired) electrons. The fourth-order valence-electron chi connectivity index (χ4n) is 1.98. The average molecular weight is 288 g/mol. The first-order chi connectivity index (χ1) is 9.54. The van der Waals surface area contributed by atoms with Gasteiger partial charge in [-0.1, -0.05) is 11.6 Å². The van der Waals surface area contributed by atoms with Gasteiger partial charge < -0.3 is 15.6 Å². The van der Waals surface area contributed by atoms with Crippen molar-refractivity contribution in [1.29, 1.82) is 0 Å². The number of pyridine rings is 1. The minimum atomic E-state index is 0.603. The maximum Gasteiger partial charge on any atom is 0.180 e. The Hall–Kier alpha value is -2.27. The van der Waals surface area contributed by atoms with E-state index in [4.69, 9.17) is 17.3 Å². The quantitative estimate of drug-likeness (QED) is 0.711. The van der Waals surface area contributed by atoms with E-state index < -0.39 is 0 Å². The molecule has 3 N–H and O–H groups in total. The zero-order valence-electron chi connectivity index (χ0n) is 11.2. The lowest BCUT2D eigenvalue weighted by atomic mass is 10.2. The lowest BCUT2D eigenvalue weighted by molar-refractivity contribution is 1.08. The number of nitrogens with one attached hydrogen (secondary N) is 1. The number of halogens is 1. The number of nitrogens with zero attached hydrogens (tertiary/aromatic N) is 3. The molecule has 0 amide bonds. The summed E-state index contributed by atoms with van der Waals surface area (Å²) in [5.74, 6) is 1.52. The fraction of sp³-hybridized carbons (Fsp3) is 0.143. The summed E-state index contributed by atoms with van der Waals surface area (Å²) in [5, 5.41) is 0.603. The molecule has 0 saturated heterocycles. The molecule has 0 bridgehead atoms. The molecule has 0 aliphatic carbocycles. The molecule has 102 valence electrons. The van der Waals surface area contributed by atoms with E-state index in [0.717, 1.165) is 16.9 Å². The summed E-state index contributed by atoms with van der Waals surface area (Å²) in [7, 11) is 3.88. The van der Waals surface area contributed by atoms with Crippen molar-refractivity contribution in [2.45, 2.75) is 0 Å². The number of nitrogens with two attached hydrogens (primary N) is 1. The molecule has 5 nitrogen and oxygen atoms in total. The summed E-state index contributed by atoms with van der Waals surface area (Å²) in [5.41, 5.74) is 8.74. The predicted octanol–water partition coefficient (Wildman–Crippen LogP) is 2.93. The van der Waals surface area contributed by atoms with Gasteiger partial charge in [0.2, 0.25) is 0 Å². The standard InChI is InChI=1S/C14H14ClN5/c1-20(2)12-6-5-11-14(18-12)19-13(17-11)9-7-8(16)3-4-10(9)15/h3-7H,16H2,1-2H3,(H,17,18,19). The smallest absolute Gasteiger partial charge is 0.180 e. The van der Waals surface area contributed by atoms with Crippen LogP contribution < -0.4 is 10.6 Å². The Labute approximate surface area is 121 Å². The molecular formula is C14H14ClN5. The third-order valence-electron chi connectivity index (χ3n) is 3.03. The van der Waals surface area contributed by atoms with Crippen molar-refractivity contribution in [2.75, 3.05) is 24.7 Å². The molecule has 2 heterocycles. The van der Waals surface area contributed by atoms with Crippen LogP contribution in [0.15, 0.2) is 30.3 Å². The van der Waals surface area contributed by atoms with Crippen LogP contribution >= 0.6 is 11.6 Å². The first kappa shape index (κ1) is 12.7. The maximum absolute atomic E-state index is 6.20. The second-order valence-corrected chi connectivity index (χ2v) is 5.17. The number of aromatic nitrogens is 3. The molecule has 0 spiro atoms. The van der Waals surface area contributed by atoms with Crippen LogP contribution in [0.3, 0.4) is 0 Å². The minimum Gasteiger partial charge on any atom is -0.399 e. The van der Waals surface area contributed by atoms with Crippen LogP contribution in [0.2, 0.25) is 5.02 Å². The monoisotopic (exact) mass is 287 g/mol. The zero-order chi connectivity index (χ0) is 14.3. The third kappa shape index (κ3) is 2.16. The van der Waals surface area contributed by atoms with Crippen molar-refractivity contribution in [3.8, 4) is 11.4 Å². The Morgan fingerprint density at radius 1 is 1.15 bits per heavy atom. The molecule has 6 heteroatoms. The van der Waals surface area contributed by atoms with E-state index in [-0.39, 0.29) is 0 Å². The van der Waals surface area contributed by atoms with Crippen molar-refractivity contribution in [2.24, 2.45) is 0 Å². The SMILES string of the molecule is CN(C)c1ccc2[nH]c(-c3cc(N)ccc3Cl)nc2n1. The third-order valence-corrected chi connectivity index (χ3v) is 3.36. The summed E-state index contributed by atoms with van der Waals surface area (Å²) in [6, 6.07) is 9.21. The summed E-state index contributed by atoms with van der Waals surface area (Å²) in [4.78, 5) is 14.1. The summed E-state index contributed by atoms with van der Waals surface area (Å²) >= 11 is 6.20. The van der Waals surface area contributed by atoms with Gasteiger partial charge >= 0.3 is 0 Å². The fourth-order valence-corrected chi connectivity index (χ4v) is 2.19. The van der Waals surface area contributed by atoms with Crippen molar-refractivity contribution < 1.29 is 0 Å². The molecule has 2 aromatic heterocycles. The van der Waals surface area contributed by atoms with Crippen LogP contribution in [0.1, 0.15) is 0 Å². The highest BCUT2D eigenvalue weighted by Crippen LogP contribution is 2.29. The molecule has 0 saturated carbocycles. The van der Waals surface area contributed by atoms with Gasteiger partial charge in [0.15, 0.2) is 5.65 Å². The number of nitrogen functional groups attached to an aromatic ring is 1. The van der Waals surface area contributed by atoms with Crippen LogP contribution in [0.25, 0.3) is 22.6 Å². The van der Waals surface area contributed by atoms with Gasteiger partial charge in [-0.2, -0.15) is 0 Å². The first-order valence-electron chi connectivity index (χ1n) is 6.14. The van der Waals surface area contributed by atoms with Gasteiger partial charge in [0, 0.05) is 25.3 Å². The van der Waals surface area contributed by atoms with E-state index in [9.17, 15) is 0 Å². The van der Waals surface area contributed by atoms with Crippen LogP contribution in [0.5, 0.6) is 0 Å². The second kappa shape index (κ2) is 4.68. The summed E-state index contributed by atoms with van der Waals surface area (Å²) in [6.45, 7) is 0. The Bertz CT molecular complexity index is 778. The lowest BCUT2D eigenvalue weighted by Crippen LogP contribution is -2.10. The Morgan fingerprint density at radius 3 is 2.70 bits per heavy atom. The number of fused-ring (bicyclic) bond motifs is 1. The first-order valence-corrected chi connectivity index (χ1v) is 6.52. The molecule has 0 unspecified atom stereocenters. The number of rotatable bonds is 2. The minimum absolute atomic E-state index is 0.603. The Kier molecular flexibility index (Phi) is 2.99. The normalized spacial score (nSPS) is 10.9. The van der Waals surface area contributed by atoms with E-state index in [2.05, 4.69) is 15.0 Å². The maximum atomic E-state index is 6.20. The van der Waals surface area contributed by atoms with Crippen molar-refractivity contribution in [3.63, 3.8) is 0 Å².